The van der Waals surface area contributed by atoms with Crippen molar-refractivity contribution in [2.45, 2.75) is 27.2 Å². The Balaban J connectivity index is 1.74. The molecule has 142 valence electrons. The van der Waals surface area contributed by atoms with Gasteiger partial charge in [0.1, 0.15) is 5.75 Å². The first kappa shape index (κ1) is 19.0. The third-order valence-electron chi connectivity index (χ3n) is 4.83. The van der Waals surface area contributed by atoms with E-state index < -0.39 is 0 Å². The summed E-state index contributed by atoms with van der Waals surface area (Å²) < 4.78 is 5.45. The number of aryl methyl sites for hydroxylation is 1. The van der Waals surface area contributed by atoms with Gasteiger partial charge in [-0.2, -0.15) is 0 Å². The number of anilines is 2. The van der Waals surface area contributed by atoms with Gasteiger partial charge in [0.2, 0.25) is 11.8 Å². The van der Waals surface area contributed by atoms with Crippen LogP contribution in [0.3, 0.4) is 0 Å². The minimum absolute atomic E-state index is 0.00452. The van der Waals surface area contributed by atoms with Crippen LogP contribution >= 0.6 is 0 Å². The lowest BCUT2D eigenvalue weighted by Crippen LogP contribution is -2.37. The summed E-state index contributed by atoms with van der Waals surface area (Å²) in [5.41, 5.74) is 2.80. The SMILES string of the molecule is CCOc1ccc(N2CC(C(=O)N(CC)c3cccc(C)c3)CC2=O)cc1. The van der Waals surface area contributed by atoms with E-state index in [4.69, 9.17) is 4.74 Å². The molecule has 2 aromatic rings. The molecule has 1 atom stereocenters. The molecule has 3 rings (SSSR count). The Kier molecular flexibility index (Phi) is 5.79. The molecule has 1 heterocycles. The third-order valence-corrected chi connectivity index (χ3v) is 4.83. The number of hydrogen-bond donors (Lipinski definition) is 0. The number of amides is 2. The highest BCUT2D eigenvalue weighted by atomic mass is 16.5. The molecule has 1 aliphatic heterocycles. The van der Waals surface area contributed by atoms with Crippen molar-refractivity contribution in [1.29, 1.82) is 0 Å². The molecule has 1 unspecified atom stereocenters. The number of ether oxygens (including phenoxy) is 1. The van der Waals surface area contributed by atoms with Gasteiger partial charge in [-0.05, 0) is 62.7 Å². The fourth-order valence-electron chi connectivity index (χ4n) is 3.49. The van der Waals surface area contributed by atoms with Gasteiger partial charge < -0.3 is 14.5 Å². The lowest BCUT2D eigenvalue weighted by Gasteiger charge is -2.25. The average molecular weight is 366 g/mol. The summed E-state index contributed by atoms with van der Waals surface area (Å²) >= 11 is 0. The molecule has 1 saturated heterocycles. The van der Waals surface area contributed by atoms with Crippen molar-refractivity contribution in [3.63, 3.8) is 0 Å². The Bertz CT molecular complexity index is 817. The first-order chi connectivity index (χ1) is 13.0. The van der Waals surface area contributed by atoms with E-state index in [9.17, 15) is 9.59 Å². The maximum Gasteiger partial charge on any atom is 0.232 e. The fraction of sp³-hybridized carbons (Fsp3) is 0.364. The van der Waals surface area contributed by atoms with E-state index in [2.05, 4.69) is 0 Å². The van der Waals surface area contributed by atoms with E-state index in [1.807, 2.05) is 69.3 Å². The van der Waals surface area contributed by atoms with Crippen molar-refractivity contribution >= 4 is 23.2 Å². The summed E-state index contributed by atoms with van der Waals surface area (Å²) in [6.45, 7) is 7.49. The quantitative estimate of drug-likeness (QED) is 0.781. The van der Waals surface area contributed by atoms with Gasteiger partial charge in [-0.1, -0.05) is 12.1 Å². The number of hydrogen-bond acceptors (Lipinski definition) is 3. The van der Waals surface area contributed by atoms with E-state index in [0.29, 0.717) is 19.7 Å². The normalized spacial score (nSPS) is 16.5. The van der Waals surface area contributed by atoms with E-state index in [-0.39, 0.29) is 24.2 Å². The highest BCUT2D eigenvalue weighted by molar-refractivity contribution is 6.04. The van der Waals surface area contributed by atoms with Gasteiger partial charge in [-0.3, -0.25) is 9.59 Å². The number of benzene rings is 2. The van der Waals surface area contributed by atoms with Crippen LogP contribution in [-0.2, 0) is 9.59 Å². The lowest BCUT2D eigenvalue weighted by molar-refractivity contribution is -0.124. The van der Waals surface area contributed by atoms with Crippen LogP contribution in [0.25, 0.3) is 0 Å². The molecular weight excluding hydrogens is 340 g/mol. The first-order valence-electron chi connectivity index (χ1n) is 9.44. The van der Waals surface area contributed by atoms with Crippen molar-refractivity contribution in [2.75, 3.05) is 29.5 Å². The zero-order valence-corrected chi connectivity index (χ0v) is 16.1. The summed E-state index contributed by atoms with van der Waals surface area (Å²) in [6.07, 6.45) is 0.244. The fourth-order valence-corrected chi connectivity index (χ4v) is 3.49. The van der Waals surface area contributed by atoms with Crippen LogP contribution in [0, 0.1) is 12.8 Å². The molecule has 0 aliphatic carbocycles. The molecule has 0 radical (unpaired) electrons. The Morgan fingerprint density at radius 3 is 2.56 bits per heavy atom. The van der Waals surface area contributed by atoms with Crippen LogP contribution in [0.1, 0.15) is 25.8 Å². The minimum Gasteiger partial charge on any atom is -0.494 e. The Morgan fingerprint density at radius 1 is 1.19 bits per heavy atom. The summed E-state index contributed by atoms with van der Waals surface area (Å²) in [6, 6.07) is 15.3. The van der Waals surface area contributed by atoms with Gasteiger partial charge in [-0.25, -0.2) is 0 Å². The zero-order valence-electron chi connectivity index (χ0n) is 16.1. The molecule has 0 aromatic heterocycles. The molecule has 0 N–H and O–H groups in total. The smallest absolute Gasteiger partial charge is 0.232 e. The monoisotopic (exact) mass is 366 g/mol. The molecule has 2 amide bonds. The second-order valence-electron chi connectivity index (χ2n) is 6.75. The first-order valence-corrected chi connectivity index (χ1v) is 9.44. The molecule has 27 heavy (non-hydrogen) atoms. The van der Waals surface area contributed by atoms with Crippen molar-refractivity contribution in [1.82, 2.24) is 0 Å². The topological polar surface area (TPSA) is 49.9 Å². The van der Waals surface area contributed by atoms with E-state index in [1.165, 1.54) is 0 Å². The van der Waals surface area contributed by atoms with Crippen LogP contribution in [-0.4, -0.2) is 31.5 Å². The van der Waals surface area contributed by atoms with E-state index >= 15 is 0 Å². The predicted octanol–water partition coefficient (Wildman–Crippen LogP) is 3.80. The second-order valence-corrected chi connectivity index (χ2v) is 6.75. The van der Waals surface area contributed by atoms with Crippen molar-refractivity contribution in [3.8, 4) is 5.75 Å². The highest BCUT2D eigenvalue weighted by Crippen LogP contribution is 2.29. The molecule has 0 bridgehead atoms. The van der Waals surface area contributed by atoms with E-state index in [0.717, 1.165) is 22.7 Å². The van der Waals surface area contributed by atoms with Gasteiger partial charge in [-0.15, -0.1) is 0 Å². The maximum atomic E-state index is 13.1. The summed E-state index contributed by atoms with van der Waals surface area (Å²) in [5.74, 6) is 0.435. The number of nitrogens with zero attached hydrogens (tertiary/aromatic N) is 2. The molecular formula is C22H26N2O3. The van der Waals surface area contributed by atoms with Crippen LogP contribution in [0.2, 0.25) is 0 Å². The Labute approximate surface area is 160 Å². The van der Waals surface area contributed by atoms with Gasteiger partial charge in [0.25, 0.3) is 0 Å². The Morgan fingerprint density at radius 2 is 1.93 bits per heavy atom. The molecule has 1 aliphatic rings. The highest BCUT2D eigenvalue weighted by Gasteiger charge is 2.37. The lowest BCUT2D eigenvalue weighted by atomic mass is 10.1. The summed E-state index contributed by atoms with van der Waals surface area (Å²) in [4.78, 5) is 29.1. The summed E-state index contributed by atoms with van der Waals surface area (Å²) in [5, 5.41) is 0. The number of rotatable bonds is 6. The second kappa shape index (κ2) is 8.25. The third kappa shape index (κ3) is 4.13. The standard InChI is InChI=1S/C22H26N2O3/c1-4-23(19-8-6-7-16(3)13-19)22(26)17-14-21(25)24(15-17)18-9-11-20(12-10-18)27-5-2/h6-13,17H,4-5,14-15H2,1-3H3. The molecule has 0 saturated carbocycles. The van der Waals surface area contributed by atoms with Crippen LogP contribution < -0.4 is 14.5 Å². The Hall–Kier alpha value is -2.82. The van der Waals surface area contributed by atoms with Crippen molar-refractivity contribution in [3.05, 3.63) is 54.1 Å². The van der Waals surface area contributed by atoms with E-state index in [1.54, 1.807) is 9.80 Å². The average Bonchev–Trinajstić information content (AvgIpc) is 3.05. The minimum atomic E-state index is -0.329. The van der Waals surface area contributed by atoms with Gasteiger partial charge in [0.05, 0.1) is 12.5 Å². The van der Waals surface area contributed by atoms with Crippen molar-refractivity contribution < 1.29 is 14.3 Å². The number of carbonyl (C=O) groups excluding carboxylic acids is 2. The van der Waals surface area contributed by atoms with Gasteiger partial charge in [0.15, 0.2) is 0 Å². The van der Waals surface area contributed by atoms with Crippen LogP contribution in [0.5, 0.6) is 5.75 Å². The molecule has 1 fully saturated rings. The van der Waals surface area contributed by atoms with Gasteiger partial charge >= 0.3 is 0 Å². The predicted molar refractivity (Wildman–Crippen MR) is 107 cm³/mol. The number of carbonyl (C=O) groups is 2. The van der Waals surface area contributed by atoms with Crippen LogP contribution in [0.15, 0.2) is 48.5 Å². The molecule has 5 nitrogen and oxygen atoms in total. The molecule has 5 heteroatoms. The van der Waals surface area contributed by atoms with Crippen LogP contribution in [0.4, 0.5) is 11.4 Å². The van der Waals surface area contributed by atoms with Crippen molar-refractivity contribution in [2.24, 2.45) is 5.92 Å². The van der Waals surface area contributed by atoms with Gasteiger partial charge in [0, 0.05) is 30.9 Å². The largest absolute Gasteiger partial charge is 0.494 e. The maximum absolute atomic E-state index is 13.1. The summed E-state index contributed by atoms with van der Waals surface area (Å²) in [7, 11) is 0. The molecule has 0 spiro atoms. The zero-order chi connectivity index (χ0) is 19.4. The molecule has 2 aromatic carbocycles.